The third kappa shape index (κ3) is 2.33. The lowest BCUT2D eigenvalue weighted by molar-refractivity contribution is -0.385. The Balaban J connectivity index is 3.26. The Morgan fingerprint density at radius 1 is 1.56 bits per heavy atom. The number of benzene rings is 1. The van der Waals surface area contributed by atoms with E-state index in [1.807, 2.05) is 0 Å². The van der Waals surface area contributed by atoms with Crippen LogP contribution in [0, 0.1) is 22.9 Å². The van der Waals surface area contributed by atoms with Gasteiger partial charge in [-0.2, -0.15) is 0 Å². The predicted octanol–water partition coefficient (Wildman–Crippen LogP) is 1.76. The van der Waals surface area contributed by atoms with Crippen molar-refractivity contribution in [3.63, 3.8) is 0 Å². The van der Waals surface area contributed by atoms with E-state index in [1.54, 1.807) is 0 Å². The fourth-order valence-electron chi connectivity index (χ4n) is 1.28. The molecule has 0 radical (unpaired) electrons. The molecule has 0 aromatic heterocycles. The summed E-state index contributed by atoms with van der Waals surface area (Å²) in [6.07, 6.45) is -0.444. The summed E-state index contributed by atoms with van der Waals surface area (Å²) in [6.45, 7) is 1.47. The van der Waals surface area contributed by atoms with Gasteiger partial charge >= 0.3 is 5.97 Å². The molecular weight excluding hydrogens is 217 g/mol. The number of esters is 1. The Bertz CT molecular complexity index is 445. The molecule has 0 unspecified atom stereocenters. The number of aryl methyl sites for hydroxylation is 1. The van der Waals surface area contributed by atoms with E-state index in [0.29, 0.717) is 0 Å². The summed E-state index contributed by atoms with van der Waals surface area (Å²) in [6, 6.07) is 2.48. The average Bonchev–Trinajstić information content (AvgIpc) is 2.24. The number of hydrogen-bond acceptors (Lipinski definition) is 4. The number of nitrogens with zero attached hydrogens (tertiary/aromatic N) is 1. The zero-order valence-corrected chi connectivity index (χ0v) is 8.82. The second-order valence-corrected chi connectivity index (χ2v) is 3.20. The van der Waals surface area contributed by atoms with Crippen LogP contribution in [0.15, 0.2) is 12.1 Å². The van der Waals surface area contributed by atoms with Crippen LogP contribution in [0.1, 0.15) is 11.1 Å². The van der Waals surface area contributed by atoms with Crippen molar-refractivity contribution >= 4 is 11.7 Å². The van der Waals surface area contributed by atoms with Crippen LogP contribution in [0.4, 0.5) is 10.1 Å². The largest absolute Gasteiger partial charge is 0.469 e. The average molecular weight is 227 g/mol. The molecule has 0 fully saturated rings. The molecule has 0 aliphatic carbocycles. The third-order valence-corrected chi connectivity index (χ3v) is 2.16. The van der Waals surface area contributed by atoms with Crippen molar-refractivity contribution in [2.24, 2.45) is 0 Å². The highest BCUT2D eigenvalue weighted by Crippen LogP contribution is 2.24. The SMILES string of the molecule is COC(=O)Cc1c([N+](=O)[O-])ccc(C)c1F. The fourth-order valence-corrected chi connectivity index (χ4v) is 1.28. The lowest BCUT2D eigenvalue weighted by Gasteiger charge is -2.05. The molecule has 86 valence electrons. The molecular formula is C10H10FNO4. The van der Waals surface area contributed by atoms with Gasteiger partial charge in [-0.1, -0.05) is 0 Å². The van der Waals surface area contributed by atoms with E-state index in [1.165, 1.54) is 19.1 Å². The quantitative estimate of drug-likeness (QED) is 0.448. The minimum absolute atomic E-state index is 0.239. The van der Waals surface area contributed by atoms with Crippen LogP contribution in [0.3, 0.4) is 0 Å². The van der Waals surface area contributed by atoms with Crippen LogP contribution in [0.25, 0.3) is 0 Å². The number of nitro benzene ring substituents is 1. The molecule has 0 spiro atoms. The van der Waals surface area contributed by atoms with Gasteiger partial charge in [0.1, 0.15) is 5.82 Å². The molecule has 1 rings (SSSR count). The number of rotatable bonds is 3. The van der Waals surface area contributed by atoms with Crippen molar-refractivity contribution < 1.29 is 18.8 Å². The van der Waals surface area contributed by atoms with Crippen molar-refractivity contribution in [1.82, 2.24) is 0 Å². The van der Waals surface area contributed by atoms with Gasteiger partial charge in [0.15, 0.2) is 0 Å². The standard InChI is InChI=1S/C10H10FNO4/c1-6-3-4-8(12(14)15)7(10(6)11)5-9(13)16-2/h3-4H,5H2,1-2H3. The van der Waals surface area contributed by atoms with E-state index in [4.69, 9.17) is 0 Å². The molecule has 0 aliphatic rings. The molecule has 0 saturated carbocycles. The summed E-state index contributed by atoms with van der Waals surface area (Å²) in [5.41, 5.74) is -0.394. The molecule has 0 aliphatic heterocycles. The predicted molar refractivity (Wildman–Crippen MR) is 53.5 cm³/mol. The van der Waals surface area contributed by atoms with E-state index >= 15 is 0 Å². The maximum atomic E-state index is 13.6. The lowest BCUT2D eigenvalue weighted by Crippen LogP contribution is -2.09. The van der Waals surface area contributed by atoms with Crippen LogP contribution >= 0.6 is 0 Å². The van der Waals surface area contributed by atoms with Crippen LogP contribution in [0.2, 0.25) is 0 Å². The topological polar surface area (TPSA) is 69.4 Å². The Kier molecular flexibility index (Phi) is 3.55. The van der Waals surface area contributed by atoms with Crippen molar-refractivity contribution in [3.05, 3.63) is 39.2 Å². The van der Waals surface area contributed by atoms with Crippen LogP contribution < -0.4 is 0 Å². The number of methoxy groups -OCH3 is 1. The molecule has 0 saturated heterocycles. The van der Waals surface area contributed by atoms with Crippen LogP contribution in [-0.2, 0) is 16.0 Å². The number of ether oxygens (including phenoxy) is 1. The normalized spacial score (nSPS) is 9.94. The second kappa shape index (κ2) is 4.69. The summed E-state index contributed by atoms with van der Waals surface area (Å²) in [7, 11) is 1.14. The van der Waals surface area contributed by atoms with Gasteiger partial charge in [0.05, 0.1) is 24.0 Å². The Morgan fingerprint density at radius 2 is 2.19 bits per heavy atom. The minimum atomic E-state index is -0.736. The first kappa shape index (κ1) is 12.1. The fraction of sp³-hybridized carbons (Fsp3) is 0.300. The molecule has 6 heteroatoms. The van der Waals surface area contributed by atoms with E-state index in [9.17, 15) is 19.3 Å². The van der Waals surface area contributed by atoms with Crippen molar-refractivity contribution in [3.8, 4) is 0 Å². The van der Waals surface area contributed by atoms with Gasteiger partial charge in [0, 0.05) is 6.07 Å². The molecule has 1 aromatic rings. The summed E-state index contributed by atoms with van der Waals surface area (Å²) < 4.78 is 18.0. The summed E-state index contributed by atoms with van der Waals surface area (Å²) in [5.74, 6) is -1.45. The maximum absolute atomic E-state index is 13.6. The number of nitro groups is 1. The monoisotopic (exact) mass is 227 g/mol. The molecule has 0 heterocycles. The van der Waals surface area contributed by atoms with E-state index in [0.717, 1.165) is 7.11 Å². The van der Waals surface area contributed by atoms with E-state index in [2.05, 4.69) is 4.74 Å². The van der Waals surface area contributed by atoms with Crippen molar-refractivity contribution in [1.29, 1.82) is 0 Å². The number of hydrogen-bond donors (Lipinski definition) is 0. The van der Waals surface area contributed by atoms with Gasteiger partial charge < -0.3 is 4.74 Å². The van der Waals surface area contributed by atoms with Gasteiger partial charge in [0.25, 0.3) is 5.69 Å². The van der Waals surface area contributed by atoms with Gasteiger partial charge in [-0.25, -0.2) is 4.39 Å². The molecule has 1 aromatic carbocycles. The smallest absolute Gasteiger partial charge is 0.310 e. The van der Waals surface area contributed by atoms with Crippen LogP contribution in [0.5, 0.6) is 0 Å². The third-order valence-electron chi connectivity index (χ3n) is 2.16. The van der Waals surface area contributed by atoms with Gasteiger partial charge in [-0.3, -0.25) is 14.9 Å². The molecule has 16 heavy (non-hydrogen) atoms. The molecule has 0 amide bonds. The maximum Gasteiger partial charge on any atom is 0.310 e. The zero-order valence-electron chi connectivity index (χ0n) is 8.82. The van der Waals surface area contributed by atoms with Gasteiger partial charge in [-0.05, 0) is 18.6 Å². The lowest BCUT2D eigenvalue weighted by atomic mass is 10.1. The highest BCUT2D eigenvalue weighted by atomic mass is 19.1. The Labute approximate surface area is 91.0 Å². The number of carbonyl (C=O) groups is 1. The number of halogens is 1. The second-order valence-electron chi connectivity index (χ2n) is 3.20. The summed E-state index contributed by atoms with van der Waals surface area (Å²) in [4.78, 5) is 20.9. The summed E-state index contributed by atoms with van der Waals surface area (Å²) >= 11 is 0. The van der Waals surface area contributed by atoms with Crippen LogP contribution in [-0.4, -0.2) is 18.0 Å². The van der Waals surface area contributed by atoms with Gasteiger partial charge in [-0.15, -0.1) is 0 Å². The first-order valence-electron chi connectivity index (χ1n) is 4.46. The molecule has 0 bridgehead atoms. The van der Waals surface area contributed by atoms with Gasteiger partial charge in [0.2, 0.25) is 0 Å². The molecule has 0 atom stereocenters. The Hall–Kier alpha value is -1.98. The molecule has 0 N–H and O–H groups in total. The Morgan fingerprint density at radius 3 is 2.69 bits per heavy atom. The highest BCUT2D eigenvalue weighted by molar-refractivity contribution is 5.74. The first-order valence-corrected chi connectivity index (χ1v) is 4.46. The van der Waals surface area contributed by atoms with E-state index in [-0.39, 0.29) is 11.1 Å². The van der Waals surface area contributed by atoms with E-state index < -0.39 is 28.8 Å². The minimum Gasteiger partial charge on any atom is -0.469 e. The van der Waals surface area contributed by atoms with Crippen molar-refractivity contribution in [2.75, 3.05) is 7.11 Å². The summed E-state index contributed by atoms with van der Waals surface area (Å²) in [5, 5.41) is 10.6. The zero-order chi connectivity index (χ0) is 12.3. The van der Waals surface area contributed by atoms with Crippen molar-refractivity contribution in [2.45, 2.75) is 13.3 Å². The first-order chi connectivity index (χ1) is 7.47. The molecule has 5 nitrogen and oxygen atoms in total. The number of carbonyl (C=O) groups excluding carboxylic acids is 1. The highest BCUT2D eigenvalue weighted by Gasteiger charge is 2.22.